The summed E-state index contributed by atoms with van der Waals surface area (Å²) in [5.74, 6) is -2.34. The van der Waals surface area contributed by atoms with E-state index in [4.69, 9.17) is 11.6 Å². The van der Waals surface area contributed by atoms with Crippen molar-refractivity contribution in [1.29, 1.82) is 0 Å². The largest absolute Gasteiger partial charge is 0.479 e. The average molecular weight is 674 g/mol. The molecule has 4 aromatic rings. The fourth-order valence-electron chi connectivity index (χ4n) is 5.11. The normalized spacial score (nSPS) is 18.3. The number of hydrogen-bond donors (Lipinski definition) is 5. The highest BCUT2D eigenvalue weighted by molar-refractivity contribution is 6.30. The summed E-state index contributed by atoms with van der Waals surface area (Å²) in [5.41, 5.74) is -2.11. The number of H-pyrrole nitrogens is 1. The zero-order valence-corrected chi connectivity index (χ0v) is 25.3. The summed E-state index contributed by atoms with van der Waals surface area (Å²) >= 11 is 6.16. The maximum atomic E-state index is 14.6. The van der Waals surface area contributed by atoms with Crippen molar-refractivity contribution in [2.75, 3.05) is 17.7 Å². The molecular formula is C29H27ClF3N9O5. The fraction of sp³-hybridized carbons (Fsp3) is 0.276. The SMILES string of the molecule is COC(=O)Nc1ccc2c(c1)NC(C(=O)O)(C(F)(F)F)CCCC[C@H](NC(=O)/C=C/c1cc(Cl)ccc1-n1cnnn1)c1ncc-2[nH]1. The van der Waals surface area contributed by atoms with Gasteiger partial charge in [-0.1, -0.05) is 24.4 Å². The lowest BCUT2D eigenvalue weighted by atomic mass is 9.89. The number of benzene rings is 2. The molecular weight excluding hydrogens is 647 g/mol. The molecule has 0 radical (unpaired) electrons. The Kier molecular flexibility index (Phi) is 9.46. The van der Waals surface area contributed by atoms with Gasteiger partial charge in [-0.15, -0.1) is 5.10 Å². The van der Waals surface area contributed by atoms with E-state index in [2.05, 4.69) is 46.2 Å². The van der Waals surface area contributed by atoms with Crippen molar-refractivity contribution in [2.24, 2.45) is 0 Å². The number of ether oxygens (including phenoxy) is 1. The molecule has 1 aliphatic rings. The van der Waals surface area contributed by atoms with Gasteiger partial charge in [-0.2, -0.15) is 17.9 Å². The molecule has 0 aliphatic carbocycles. The van der Waals surface area contributed by atoms with Crippen LogP contribution in [-0.2, 0) is 14.3 Å². The van der Waals surface area contributed by atoms with Crippen molar-refractivity contribution in [3.8, 4) is 16.9 Å². The maximum Gasteiger partial charge on any atom is 0.422 e. The second kappa shape index (κ2) is 13.5. The number of anilines is 2. The first-order chi connectivity index (χ1) is 22.4. The summed E-state index contributed by atoms with van der Waals surface area (Å²) in [5, 5.41) is 28.9. The molecule has 0 spiro atoms. The number of alkyl halides is 3. The van der Waals surface area contributed by atoms with Crippen LogP contribution in [0.15, 0.2) is 55.0 Å². The minimum atomic E-state index is -5.22. The van der Waals surface area contributed by atoms with Crippen molar-refractivity contribution >= 4 is 47.0 Å². The molecule has 5 N–H and O–H groups in total. The molecule has 2 bridgehead atoms. The van der Waals surface area contributed by atoms with Crippen LogP contribution in [0.3, 0.4) is 0 Å². The standard InChI is InChI=1S/C29H27ClF3N9O5/c1-47-27(46)36-18-7-8-19-21(13-18)39-28(26(44)45,29(31,32)33)11-3-2-4-20(25-34-14-22(19)38-25)37-24(43)10-5-16-12-17(30)6-9-23(16)42-15-35-40-41-42/h5-10,12-15,20,39H,2-4,11H2,1H3,(H,34,38)(H,36,46)(H,37,43)(H,44,45)/b10-5+/t20-,28?/m0/s1. The highest BCUT2D eigenvalue weighted by Gasteiger charge is 2.61. The van der Waals surface area contributed by atoms with Crippen LogP contribution in [0.2, 0.25) is 5.02 Å². The molecule has 0 saturated carbocycles. The van der Waals surface area contributed by atoms with Gasteiger partial charge in [0.05, 0.1) is 30.7 Å². The summed E-state index contributed by atoms with van der Waals surface area (Å²) in [6.07, 6.45) is -1.36. The number of hydrogen-bond acceptors (Lipinski definition) is 9. The number of rotatable bonds is 6. The van der Waals surface area contributed by atoms with Gasteiger partial charge in [0.1, 0.15) is 12.2 Å². The third-order valence-electron chi connectivity index (χ3n) is 7.47. The zero-order valence-electron chi connectivity index (χ0n) is 24.5. The van der Waals surface area contributed by atoms with Gasteiger partial charge in [0, 0.05) is 33.6 Å². The van der Waals surface area contributed by atoms with E-state index in [1.54, 1.807) is 18.2 Å². The van der Waals surface area contributed by atoms with E-state index >= 15 is 0 Å². The number of fused-ring (bicyclic) bond motifs is 4. The summed E-state index contributed by atoms with van der Waals surface area (Å²) in [4.78, 5) is 44.7. The Balaban J connectivity index is 1.48. The molecule has 2 aromatic heterocycles. The molecule has 1 aliphatic heterocycles. The number of carboxylic acid groups (broad SMARTS) is 1. The van der Waals surface area contributed by atoms with Crippen molar-refractivity contribution in [3.05, 3.63) is 71.4 Å². The Morgan fingerprint density at radius 3 is 2.70 bits per heavy atom. The maximum absolute atomic E-state index is 14.6. The van der Waals surface area contributed by atoms with E-state index in [0.29, 0.717) is 22.1 Å². The van der Waals surface area contributed by atoms with Gasteiger partial charge in [-0.3, -0.25) is 10.1 Å². The first-order valence-corrected chi connectivity index (χ1v) is 14.4. The Morgan fingerprint density at radius 2 is 2.00 bits per heavy atom. The number of methoxy groups -OCH3 is 1. The van der Waals surface area contributed by atoms with E-state index in [-0.39, 0.29) is 41.9 Å². The van der Waals surface area contributed by atoms with E-state index in [1.807, 2.05) is 0 Å². The number of imidazole rings is 1. The Hall–Kier alpha value is -5.45. The molecule has 14 nitrogen and oxygen atoms in total. The highest BCUT2D eigenvalue weighted by Crippen LogP contribution is 2.42. The van der Waals surface area contributed by atoms with Crippen molar-refractivity contribution < 1.29 is 37.4 Å². The van der Waals surface area contributed by atoms with Gasteiger partial charge in [0.15, 0.2) is 0 Å². The van der Waals surface area contributed by atoms with Gasteiger partial charge < -0.3 is 25.5 Å². The van der Waals surface area contributed by atoms with Crippen molar-refractivity contribution in [2.45, 2.75) is 43.4 Å². The third-order valence-corrected chi connectivity index (χ3v) is 7.71. The minimum Gasteiger partial charge on any atom is -0.479 e. The molecule has 0 fully saturated rings. The van der Waals surface area contributed by atoms with Crippen LogP contribution in [0.5, 0.6) is 0 Å². The lowest BCUT2D eigenvalue weighted by Gasteiger charge is -2.34. The van der Waals surface area contributed by atoms with Crippen LogP contribution in [-0.4, -0.2) is 72.1 Å². The van der Waals surface area contributed by atoms with Crippen LogP contribution in [0, 0.1) is 0 Å². The molecule has 47 heavy (non-hydrogen) atoms. The predicted molar refractivity (Wildman–Crippen MR) is 163 cm³/mol. The zero-order chi connectivity index (χ0) is 33.8. The third kappa shape index (κ3) is 7.19. The summed E-state index contributed by atoms with van der Waals surface area (Å²) in [6, 6.07) is 8.12. The summed E-state index contributed by atoms with van der Waals surface area (Å²) in [7, 11) is 1.11. The van der Waals surface area contributed by atoms with Gasteiger partial charge in [-0.25, -0.2) is 14.6 Å². The number of nitrogens with one attached hydrogen (secondary N) is 4. The monoisotopic (exact) mass is 673 g/mol. The number of tetrazole rings is 1. The Bertz CT molecular complexity index is 1810. The van der Waals surface area contributed by atoms with Gasteiger partial charge in [0.2, 0.25) is 11.4 Å². The first kappa shape index (κ1) is 32.9. The lowest BCUT2D eigenvalue weighted by molar-refractivity contribution is -0.198. The summed E-state index contributed by atoms with van der Waals surface area (Å²) < 4.78 is 49.7. The number of amides is 2. The molecule has 5 rings (SSSR count). The fourth-order valence-corrected chi connectivity index (χ4v) is 5.29. The lowest BCUT2D eigenvalue weighted by Crippen LogP contribution is -2.58. The molecule has 2 aromatic carbocycles. The number of halogens is 4. The van der Waals surface area contributed by atoms with Crippen LogP contribution in [0.1, 0.15) is 43.1 Å². The number of carbonyl (C=O) groups is 3. The second-order valence-corrected chi connectivity index (χ2v) is 10.9. The molecule has 246 valence electrons. The van der Waals surface area contributed by atoms with Crippen LogP contribution < -0.4 is 16.0 Å². The summed E-state index contributed by atoms with van der Waals surface area (Å²) in [6.45, 7) is 0. The van der Waals surface area contributed by atoms with Gasteiger partial charge >= 0.3 is 18.2 Å². The van der Waals surface area contributed by atoms with E-state index < -0.39 is 42.1 Å². The van der Waals surface area contributed by atoms with E-state index in [9.17, 15) is 32.7 Å². The van der Waals surface area contributed by atoms with Crippen LogP contribution in [0.25, 0.3) is 23.0 Å². The number of carbonyl (C=O) groups excluding carboxylic acids is 2. The quantitative estimate of drug-likeness (QED) is 0.172. The van der Waals surface area contributed by atoms with Crippen molar-refractivity contribution in [1.82, 2.24) is 35.5 Å². The topological polar surface area (TPSA) is 189 Å². The molecule has 0 saturated heterocycles. The second-order valence-electron chi connectivity index (χ2n) is 10.5. The number of aliphatic carboxylic acids is 1. The van der Waals surface area contributed by atoms with Crippen LogP contribution >= 0.6 is 11.6 Å². The minimum absolute atomic E-state index is 0.0521. The molecule has 3 heterocycles. The average Bonchev–Trinajstić information content (AvgIpc) is 3.73. The predicted octanol–water partition coefficient (Wildman–Crippen LogP) is 5.13. The number of aromatic nitrogens is 6. The smallest absolute Gasteiger partial charge is 0.422 e. The first-order valence-electron chi connectivity index (χ1n) is 14.0. The van der Waals surface area contributed by atoms with E-state index in [1.165, 1.54) is 47.6 Å². The number of nitrogens with zero attached hydrogens (tertiary/aromatic N) is 5. The van der Waals surface area contributed by atoms with Crippen LogP contribution in [0.4, 0.5) is 29.3 Å². The highest BCUT2D eigenvalue weighted by atomic mass is 35.5. The Labute approximate surface area is 269 Å². The van der Waals surface area contributed by atoms with Crippen molar-refractivity contribution in [3.63, 3.8) is 0 Å². The molecule has 2 amide bonds. The van der Waals surface area contributed by atoms with Gasteiger partial charge in [-0.05, 0) is 65.7 Å². The molecule has 18 heteroatoms. The van der Waals surface area contributed by atoms with E-state index in [0.717, 1.165) is 7.11 Å². The molecule has 1 unspecified atom stereocenters. The Morgan fingerprint density at radius 1 is 1.19 bits per heavy atom. The number of aromatic amines is 1. The molecule has 2 atom stereocenters. The van der Waals surface area contributed by atoms with Gasteiger partial charge in [0.25, 0.3) is 0 Å². The number of carboxylic acids is 1.